The van der Waals surface area contributed by atoms with E-state index < -0.39 is 0 Å². The molecule has 1 aromatic heterocycles. The van der Waals surface area contributed by atoms with Crippen LogP contribution in [0.15, 0.2) is 85.1 Å². The molecule has 0 saturated carbocycles. The minimum atomic E-state index is -0.384. The molecule has 4 aromatic rings. The van der Waals surface area contributed by atoms with E-state index in [0.717, 1.165) is 28.1 Å². The molecule has 0 spiro atoms. The quantitative estimate of drug-likeness (QED) is 0.154. The highest BCUT2D eigenvalue weighted by Gasteiger charge is 2.20. The lowest BCUT2D eigenvalue weighted by molar-refractivity contribution is 0.0524. The van der Waals surface area contributed by atoms with Gasteiger partial charge in [0.1, 0.15) is 5.84 Å². The standard InChI is InChI=1S/C29H28N4O3/c1-2-36-29(35)26-23(18-32-25(26)17-20-7-6-8-22(16-20)27(30)31)15-19-11-13-21(14-12-19)28(34)33-24-9-4-3-5-10-24/h3-14,16,18,32H,2,15,17H2,1H3,(H3,30,31)(H,33,34). The zero-order valence-electron chi connectivity index (χ0n) is 20.0. The average Bonchev–Trinajstić information content (AvgIpc) is 3.27. The summed E-state index contributed by atoms with van der Waals surface area (Å²) in [6.07, 6.45) is 2.79. The molecule has 7 heteroatoms. The Hall–Kier alpha value is -4.65. The van der Waals surface area contributed by atoms with Crippen molar-refractivity contribution in [2.75, 3.05) is 11.9 Å². The molecule has 4 rings (SSSR count). The lowest BCUT2D eigenvalue weighted by Gasteiger charge is -2.09. The maximum atomic E-state index is 12.9. The van der Waals surface area contributed by atoms with Crippen LogP contribution in [0.25, 0.3) is 0 Å². The molecule has 0 radical (unpaired) electrons. The molecular formula is C29H28N4O3. The monoisotopic (exact) mass is 480 g/mol. The maximum absolute atomic E-state index is 12.9. The Morgan fingerprint density at radius 1 is 0.917 bits per heavy atom. The van der Waals surface area contributed by atoms with E-state index in [0.29, 0.717) is 29.5 Å². The summed E-state index contributed by atoms with van der Waals surface area (Å²) in [4.78, 5) is 28.7. The van der Waals surface area contributed by atoms with E-state index in [9.17, 15) is 9.59 Å². The number of carbonyl (C=O) groups is 2. The molecule has 0 bridgehead atoms. The van der Waals surface area contributed by atoms with Crippen molar-refractivity contribution in [1.29, 1.82) is 5.41 Å². The molecule has 1 heterocycles. The number of benzene rings is 3. The van der Waals surface area contributed by atoms with Gasteiger partial charge in [0.2, 0.25) is 0 Å². The van der Waals surface area contributed by atoms with Gasteiger partial charge in [0.25, 0.3) is 5.91 Å². The smallest absolute Gasteiger partial charge is 0.340 e. The molecule has 0 aliphatic heterocycles. The fourth-order valence-corrected chi connectivity index (χ4v) is 4.02. The van der Waals surface area contributed by atoms with Crippen molar-refractivity contribution >= 4 is 23.4 Å². The Morgan fingerprint density at radius 3 is 2.36 bits per heavy atom. The normalized spacial score (nSPS) is 10.6. The first-order chi connectivity index (χ1) is 17.4. The van der Waals surface area contributed by atoms with Crippen LogP contribution in [0.3, 0.4) is 0 Å². The van der Waals surface area contributed by atoms with E-state index in [2.05, 4.69) is 10.3 Å². The number of nitrogen functional groups attached to an aromatic ring is 1. The fraction of sp³-hybridized carbons (Fsp3) is 0.138. The Kier molecular flexibility index (Phi) is 7.60. The van der Waals surface area contributed by atoms with Gasteiger partial charge in [-0.15, -0.1) is 0 Å². The van der Waals surface area contributed by atoms with Crippen molar-refractivity contribution < 1.29 is 14.3 Å². The number of amidine groups is 1. The molecule has 0 atom stereocenters. The number of aromatic nitrogens is 1. The van der Waals surface area contributed by atoms with Crippen molar-refractivity contribution in [2.45, 2.75) is 19.8 Å². The number of aromatic amines is 1. The molecule has 0 aliphatic carbocycles. The van der Waals surface area contributed by atoms with Gasteiger partial charge in [-0.25, -0.2) is 4.79 Å². The molecule has 0 unspecified atom stereocenters. The number of amides is 1. The summed E-state index contributed by atoms with van der Waals surface area (Å²) >= 11 is 0. The van der Waals surface area contributed by atoms with Crippen LogP contribution >= 0.6 is 0 Å². The van der Waals surface area contributed by atoms with Crippen LogP contribution in [0, 0.1) is 5.41 Å². The number of H-pyrrole nitrogens is 1. The van der Waals surface area contributed by atoms with Crippen LogP contribution in [0.2, 0.25) is 0 Å². The predicted octanol–water partition coefficient (Wildman–Crippen LogP) is 4.91. The van der Waals surface area contributed by atoms with Gasteiger partial charge in [0, 0.05) is 35.1 Å². The average molecular weight is 481 g/mol. The number of esters is 1. The van der Waals surface area contributed by atoms with Crippen molar-refractivity contribution in [3.8, 4) is 0 Å². The number of hydrogen-bond donors (Lipinski definition) is 4. The highest BCUT2D eigenvalue weighted by Crippen LogP contribution is 2.23. The second kappa shape index (κ2) is 11.2. The minimum Gasteiger partial charge on any atom is -0.462 e. The maximum Gasteiger partial charge on any atom is 0.340 e. The second-order valence-corrected chi connectivity index (χ2v) is 8.37. The van der Waals surface area contributed by atoms with E-state index >= 15 is 0 Å². The Bertz CT molecular complexity index is 1380. The molecule has 36 heavy (non-hydrogen) atoms. The van der Waals surface area contributed by atoms with Crippen LogP contribution in [0.4, 0.5) is 5.69 Å². The summed E-state index contributed by atoms with van der Waals surface area (Å²) in [5.41, 5.74) is 11.5. The van der Waals surface area contributed by atoms with Gasteiger partial charge in [-0.1, -0.05) is 48.5 Å². The number of anilines is 1. The van der Waals surface area contributed by atoms with E-state index in [1.54, 1.807) is 25.1 Å². The third-order valence-electron chi connectivity index (χ3n) is 5.78. The van der Waals surface area contributed by atoms with Crippen LogP contribution < -0.4 is 11.1 Å². The summed E-state index contributed by atoms with van der Waals surface area (Å²) in [6.45, 7) is 2.05. The second-order valence-electron chi connectivity index (χ2n) is 8.37. The van der Waals surface area contributed by atoms with Crippen molar-refractivity contribution in [3.05, 3.63) is 124 Å². The van der Waals surface area contributed by atoms with Gasteiger partial charge in [-0.3, -0.25) is 10.2 Å². The topological polar surface area (TPSA) is 121 Å². The zero-order valence-corrected chi connectivity index (χ0v) is 20.0. The first kappa shape index (κ1) is 24.5. The number of ether oxygens (including phenoxy) is 1. The summed E-state index contributed by atoms with van der Waals surface area (Å²) < 4.78 is 5.35. The van der Waals surface area contributed by atoms with Gasteiger partial charge in [0.05, 0.1) is 12.2 Å². The third-order valence-corrected chi connectivity index (χ3v) is 5.78. The number of carbonyl (C=O) groups excluding carboxylic acids is 2. The SMILES string of the molecule is CCOC(=O)c1c(Cc2ccc(C(=O)Nc3ccccc3)cc2)c[nH]c1Cc1cccc(C(=N)N)c1. The molecule has 1 amide bonds. The molecule has 182 valence electrons. The molecule has 7 nitrogen and oxygen atoms in total. The first-order valence-electron chi connectivity index (χ1n) is 11.7. The Morgan fingerprint density at radius 2 is 1.67 bits per heavy atom. The van der Waals surface area contributed by atoms with E-state index in [-0.39, 0.29) is 24.3 Å². The third kappa shape index (κ3) is 5.88. The van der Waals surface area contributed by atoms with Crippen molar-refractivity contribution in [3.63, 3.8) is 0 Å². The number of para-hydroxylation sites is 1. The van der Waals surface area contributed by atoms with Gasteiger partial charge in [-0.05, 0) is 60.4 Å². The first-order valence-corrected chi connectivity index (χ1v) is 11.7. The molecule has 0 fully saturated rings. The van der Waals surface area contributed by atoms with Gasteiger partial charge >= 0.3 is 5.97 Å². The highest BCUT2D eigenvalue weighted by atomic mass is 16.5. The largest absolute Gasteiger partial charge is 0.462 e. The van der Waals surface area contributed by atoms with Crippen LogP contribution in [0.5, 0.6) is 0 Å². The number of nitrogens with two attached hydrogens (primary N) is 1. The molecule has 5 N–H and O–H groups in total. The van der Waals surface area contributed by atoms with Crippen LogP contribution in [-0.4, -0.2) is 29.3 Å². The lowest BCUT2D eigenvalue weighted by Crippen LogP contribution is -2.12. The van der Waals surface area contributed by atoms with Crippen LogP contribution in [0.1, 0.15) is 55.6 Å². The van der Waals surface area contributed by atoms with E-state index in [4.69, 9.17) is 15.9 Å². The molecule has 3 aromatic carbocycles. The number of rotatable bonds is 9. The summed E-state index contributed by atoms with van der Waals surface area (Å²) in [6, 6.07) is 24.0. The van der Waals surface area contributed by atoms with Crippen molar-refractivity contribution in [2.24, 2.45) is 5.73 Å². The fourth-order valence-electron chi connectivity index (χ4n) is 4.02. The summed E-state index contributed by atoms with van der Waals surface area (Å²) in [5, 5.41) is 10.6. The summed E-state index contributed by atoms with van der Waals surface area (Å²) in [5.74, 6) is -0.572. The number of nitrogens with one attached hydrogen (secondary N) is 3. The number of hydrogen-bond acceptors (Lipinski definition) is 4. The van der Waals surface area contributed by atoms with Gasteiger partial charge in [0.15, 0.2) is 0 Å². The van der Waals surface area contributed by atoms with Gasteiger partial charge in [-0.2, -0.15) is 0 Å². The predicted molar refractivity (Wildman–Crippen MR) is 141 cm³/mol. The van der Waals surface area contributed by atoms with Gasteiger partial charge < -0.3 is 20.8 Å². The minimum absolute atomic E-state index is 0.00413. The highest BCUT2D eigenvalue weighted by molar-refractivity contribution is 6.04. The van der Waals surface area contributed by atoms with Crippen molar-refractivity contribution in [1.82, 2.24) is 4.98 Å². The zero-order chi connectivity index (χ0) is 25.5. The lowest BCUT2D eigenvalue weighted by atomic mass is 9.98. The Labute approximate surface area is 209 Å². The molecule has 0 aliphatic rings. The molecule has 0 saturated heterocycles. The van der Waals surface area contributed by atoms with E-state index in [1.165, 1.54) is 0 Å². The summed E-state index contributed by atoms with van der Waals surface area (Å²) in [7, 11) is 0. The van der Waals surface area contributed by atoms with E-state index in [1.807, 2.05) is 66.9 Å². The Balaban J connectivity index is 1.54. The molecular weight excluding hydrogens is 452 g/mol. The van der Waals surface area contributed by atoms with Crippen LogP contribution in [-0.2, 0) is 17.6 Å².